The molecule has 0 spiro atoms. The lowest BCUT2D eigenvalue weighted by Gasteiger charge is -2.31. The van der Waals surface area contributed by atoms with Gasteiger partial charge in [-0.1, -0.05) is 30.7 Å². The second-order valence-electron chi connectivity index (χ2n) is 7.71. The molecule has 1 N–H and O–H groups in total. The Morgan fingerprint density at radius 1 is 1.24 bits per heavy atom. The van der Waals surface area contributed by atoms with E-state index in [0.29, 0.717) is 38.7 Å². The predicted molar refractivity (Wildman–Crippen MR) is 118 cm³/mol. The molecular formula is C22H22ClN3O2S. The minimum Gasteiger partial charge on any atom is -0.338 e. The van der Waals surface area contributed by atoms with Gasteiger partial charge in [-0.25, -0.2) is 0 Å². The first-order chi connectivity index (χ1) is 13.9. The highest BCUT2D eigenvalue weighted by Crippen LogP contribution is 2.19. The zero-order valence-corrected chi connectivity index (χ0v) is 17.7. The molecule has 1 atom stereocenters. The van der Waals surface area contributed by atoms with E-state index in [4.69, 9.17) is 23.8 Å². The monoisotopic (exact) mass is 427 g/mol. The van der Waals surface area contributed by atoms with Gasteiger partial charge in [0.05, 0.1) is 17.4 Å². The number of aromatic nitrogens is 2. The molecule has 1 aliphatic heterocycles. The molecule has 3 aromatic rings. The molecule has 1 aromatic heterocycles. The number of halogens is 1. The lowest BCUT2D eigenvalue weighted by Crippen LogP contribution is -2.39. The second kappa shape index (κ2) is 8.13. The van der Waals surface area contributed by atoms with Crippen LogP contribution in [0.4, 0.5) is 0 Å². The Morgan fingerprint density at radius 3 is 2.72 bits per heavy atom. The summed E-state index contributed by atoms with van der Waals surface area (Å²) in [6, 6.07) is 12.5. The maximum atomic E-state index is 13.0. The van der Waals surface area contributed by atoms with Crippen molar-refractivity contribution in [2.45, 2.75) is 26.3 Å². The third-order valence-corrected chi connectivity index (χ3v) is 6.00. The molecule has 1 saturated heterocycles. The number of benzene rings is 2. The minimum atomic E-state index is -0.177. The van der Waals surface area contributed by atoms with Crippen LogP contribution < -0.4 is 5.56 Å². The second-order valence-corrected chi connectivity index (χ2v) is 8.53. The fourth-order valence-corrected chi connectivity index (χ4v) is 4.24. The summed E-state index contributed by atoms with van der Waals surface area (Å²) in [6.07, 6.45) is 2.18. The van der Waals surface area contributed by atoms with E-state index in [0.717, 1.165) is 31.5 Å². The zero-order valence-electron chi connectivity index (χ0n) is 16.2. The van der Waals surface area contributed by atoms with E-state index in [9.17, 15) is 9.59 Å². The highest BCUT2D eigenvalue weighted by atomic mass is 35.5. The van der Waals surface area contributed by atoms with Gasteiger partial charge in [0.1, 0.15) is 0 Å². The van der Waals surface area contributed by atoms with Crippen molar-refractivity contribution in [1.29, 1.82) is 0 Å². The van der Waals surface area contributed by atoms with Crippen LogP contribution in [-0.4, -0.2) is 33.4 Å². The molecule has 1 fully saturated rings. The molecule has 7 heteroatoms. The van der Waals surface area contributed by atoms with Gasteiger partial charge in [0, 0.05) is 23.7 Å². The lowest BCUT2D eigenvalue weighted by molar-refractivity contribution is 0.0683. The third kappa shape index (κ3) is 4.14. The molecule has 1 aliphatic rings. The number of H-pyrrole nitrogens is 1. The van der Waals surface area contributed by atoms with Crippen LogP contribution in [-0.2, 0) is 6.54 Å². The number of amides is 1. The van der Waals surface area contributed by atoms with E-state index in [-0.39, 0.29) is 11.5 Å². The van der Waals surface area contributed by atoms with Gasteiger partial charge in [0.2, 0.25) is 0 Å². The highest BCUT2D eigenvalue weighted by molar-refractivity contribution is 7.71. The topological polar surface area (TPSA) is 58.1 Å². The van der Waals surface area contributed by atoms with Crippen LogP contribution in [0.15, 0.2) is 47.3 Å². The van der Waals surface area contributed by atoms with E-state index in [1.165, 1.54) is 4.57 Å². The number of carbonyl (C=O) groups excluding carboxylic acids is 1. The van der Waals surface area contributed by atoms with Gasteiger partial charge in [-0.3, -0.25) is 14.2 Å². The van der Waals surface area contributed by atoms with Crippen molar-refractivity contribution in [3.8, 4) is 0 Å². The van der Waals surface area contributed by atoms with Crippen molar-refractivity contribution < 1.29 is 4.79 Å². The minimum absolute atomic E-state index is 0.00288. The van der Waals surface area contributed by atoms with Crippen molar-refractivity contribution in [2.75, 3.05) is 13.1 Å². The molecule has 0 aliphatic carbocycles. The normalized spacial score (nSPS) is 16.9. The summed E-state index contributed by atoms with van der Waals surface area (Å²) in [6.45, 7) is 4.07. The number of likely N-dealkylation sites (tertiary alicyclic amines) is 1. The number of nitrogens with zero attached hydrogens (tertiary/aromatic N) is 2. The van der Waals surface area contributed by atoms with Crippen LogP contribution >= 0.6 is 23.8 Å². The molecular weight excluding hydrogens is 406 g/mol. The van der Waals surface area contributed by atoms with Gasteiger partial charge < -0.3 is 9.88 Å². The van der Waals surface area contributed by atoms with Crippen LogP contribution in [0.3, 0.4) is 0 Å². The van der Waals surface area contributed by atoms with Gasteiger partial charge in [0.15, 0.2) is 4.77 Å². The molecule has 4 rings (SSSR count). The zero-order chi connectivity index (χ0) is 20.5. The van der Waals surface area contributed by atoms with E-state index in [1.807, 2.05) is 17.0 Å². The first kappa shape index (κ1) is 19.9. The number of rotatable bonds is 3. The highest BCUT2D eigenvalue weighted by Gasteiger charge is 2.22. The van der Waals surface area contributed by atoms with E-state index in [2.05, 4.69) is 11.9 Å². The average molecular weight is 428 g/mol. The van der Waals surface area contributed by atoms with E-state index in [1.54, 1.807) is 30.3 Å². The lowest BCUT2D eigenvalue weighted by atomic mass is 9.99. The summed E-state index contributed by atoms with van der Waals surface area (Å²) in [7, 11) is 0. The molecule has 0 bridgehead atoms. The molecule has 29 heavy (non-hydrogen) atoms. The van der Waals surface area contributed by atoms with E-state index >= 15 is 0 Å². The SMILES string of the molecule is CC1CCCN(C(=O)c2ccc3c(=O)n(Cc4ccc(Cl)cc4)c(=S)[nH]c3c2)C1. The van der Waals surface area contributed by atoms with Gasteiger partial charge in [0.25, 0.3) is 11.5 Å². The van der Waals surface area contributed by atoms with Crippen LogP contribution in [0.1, 0.15) is 35.7 Å². The number of piperidine rings is 1. The molecule has 150 valence electrons. The first-order valence-corrected chi connectivity index (χ1v) is 10.5. The van der Waals surface area contributed by atoms with Crippen LogP contribution in [0.25, 0.3) is 10.9 Å². The number of carbonyl (C=O) groups is 1. The number of nitrogens with one attached hydrogen (secondary N) is 1. The van der Waals surface area contributed by atoms with Gasteiger partial charge in [-0.2, -0.15) is 0 Å². The Morgan fingerprint density at radius 2 is 2.00 bits per heavy atom. The molecule has 5 nitrogen and oxygen atoms in total. The summed E-state index contributed by atoms with van der Waals surface area (Å²) in [4.78, 5) is 30.9. The quantitative estimate of drug-likeness (QED) is 0.620. The summed E-state index contributed by atoms with van der Waals surface area (Å²) in [5.74, 6) is 0.516. The van der Waals surface area contributed by atoms with E-state index < -0.39 is 0 Å². The predicted octanol–water partition coefficient (Wildman–Crippen LogP) is 4.63. The van der Waals surface area contributed by atoms with Gasteiger partial charge >= 0.3 is 0 Å². The fourth-order valence-electron chi connectivity index (χ4n) is 3.86. The Bertz CT molecular complexity index is 1180. The number of hydrogen-bond acceptors (Lipinski definition) is 3. The van der Waals surface area contributed by atoms with Crippen molar-refractivity contribution in [3.63, 3.8) is 0 Å². The van der Waals surface area contributed by atoms with Crippen molar-refractivity contribution >= 4 is 40.6 Å². The molecule has 1 amide bonds. The smallest absolute Gasteiger partial charge is 0.262 e. The Labute approximate surface area is 178 Å². The molecule has 0 saturated carbocycles. The summed E-state index contributed by atoms with van der Waals surface area (Å²) in [5.41, 5.74) is 1.92. The number of hydrogen-bond donors (Lipinski definition) is 1. The Kier molecular flexibility index (Phi) is 5.56. The average Bonchev–Trinajstić information content (AvgIpc) is 2.71. The van der Waals surface area contributed by atoms with Gasteiger partial charge in [-0.05, 0) is 66.9 Å². The third-order valence-electron chi connectivity index (χ3n) is 5.43. The van der Waals surface area contributed by atoms with Gasteiger partial charge in [-0.15, -0.1) is 0 Å². The Hall–Kier alpha value is -2.44. The summed E-state index contributed by atoms with van der Waals surface area (Å²) < 4.78 is 1.85. The number of fused-ring (bicyclic) bond motifs is 1. The molecule has 0 radical (unpaired) electrons. The number of aromatic amines is 1. The van der Waals surface area contributed by atoms with Crippen LogP contribution in [0.5, 0.6) is 0 Å². The largest absolute Gasteiger partial charge is 0.338 e. The maximum Gasteiger partial charge on any atom is 0.262 e. The maximum absolute atomic E-state index is 13.0. The standard InChI is InChI=1S/C22H22ClN3O2S/c1-14-3-2-10-25(12-14)20(27)16-6-9-18-19(11-16)24-22(29)26(21(18)28)13-15-4-7-17(23)8-5-15/h4-9,11,14H,2-3,10,12-13H2,1H3,(H,24,29). The van der Waals surface area contributed by atoms with Crippen LogP contribution in [0, 0.1) is 10.7 Å². The van der Waals surface area contributed by atoms with Crippen molar-refractivity contribution in [1.82, 2.24) is 14.5 Å². The Balaban J connectivity index is 1.68. The van der Waals surface area contributed by atoms with Crippen molar-refractivity contribution in [3.05, 3.63) is 73.7 Å². The summed E-state index contributed by atoms with van der Waals surface area (Å²) in [5, 5.41) is 1.15. The molecule has 2 heterocycles. The summed E-state index contributed by atoms with van der Waals surface area (Å²) >= 11 is 11.4. The first-order valence-electron chi connectivity index (χ1n) is 9.73. The van der Waals surface area contributed by atoms with Crippen molar-refractivity contribution in [2.24, 2.45) is 5.92 Å². The molecule has 1 unspecified atom stereocenters. The molecule has 2 aromatic carbocycles. The fraction of sp³-hybridized carbons (Fsp3) is 0.318. The van der Waals surface area contributed by atoms with Crippen LogP contribution in [0.2, 0.25) is 5.02 Å².